The highest BCUT2D eigenvalue weighted by molar-refractivity contribution is 4.87. The van der Waals surface area contributed by atoms with Crippen LogP contribution in [0.4, 0.5) is 13.2 Å². The highest BCUT2D eigenvalue weighted by atomic mass is 19.4. The Morgan fingerprint density at radius 1 is 1.40 bits per heavy atom. The molecule has 0 saturated heterocycles. The van der Waals surface area contributed by atoms with Crippen LogP contribution in [0, 0.1) is 5.92 Å². The molecule has 1 aliphatic rings. The first kappa shape index (κ1) is 12.8. The van der Waals surface area contributed by atoms with Gasteiger partial charge in [-0.3, -0.25) is 0 Å². The molecule has 0 radical (unpaired) electrons. The Morgan fingerprint density at radius 3 is 2.40 bits per heavy atom. The molecule has 0 aromatic rings. The van der Waals surface area contributed by atoms with E-state index in [1.165, 1.54) is 12.8 Å². The van der Waals surface area contributed by atoms with Crippen LogP contribution in [0.3, 0.4) is 0 Å². The van der Waals surface area contributed by atoms with Crippen LogP contribution in [0.5, 0.6) is 0 Å². The maximum Gasteiger partial charge on any atom is 0.389 e. The standard InChI is InChI=1S/C10H19F3N2/c1-15(6-2-5-10(11,12)13)9(7-14)8-3-4-8/h8-9H,2-7,14H2,1H3. The van der Waals surface area contributed by atoms with Crippen molar-refractivity contribution >= 4 is 0 Å². The topological polar surface area (TPSA) is 29.3 Å². The van der Waals surface area contributed by atoms with E-state index in [2.05, 4.69) is 0 Å². The van der Waals surface area contributed by atoms with Crippen molar-refractivity contribution in [3.8, 4) is 0 Å². The number of rotatable bonds is 6. The summed E-state index contributed by atoms with van der Waals surface area (Å²) in [5.41, 5.74) is 5.61. The molecule has 0 heterocycles. The second kappa shape index (κ2) is 5.16. The summed E-state index contributed by atoms with van der Waals surface area (Å²) in [7, 11) is 1.87. The van der Waals surface area contributed by atoms with E-state index in [-0.39, 0.29) is 12.5 Å². The predicted molar refractivity (Wildman–Crippen MR) is 53.5 cm³/mol. The Hall–Kier alpha value is -0.290. The molecule has 0 aliphatic heterocycles. The molecule has 15 heavy (non-hydrogen) atoms. The van der Waals surface area contributed by atoms with Gasteiger partial charge >= 0.3 is 6.18 Å². The molecule has 1 saturated carbocycles. The van der Waals surface area contributed by atoms with Gasteiger partial charge in [-0.1, -0.05) is 0 Å². The van der Waals surface area contributed by atoms with Crippen molar-refractivity contribution in [2.24, 2.45) is 11.7 Å². The Labute approximate surface area is 88.6 Å². The molecular weight excluding hydrogens is 205 g/mol. The van der Waals surface area contributed by atoms with Crippen molar-refractivity contribution in [1.29, 1.82) is 0 Å². The van der Waals surface area contributed by atoms with Gasteiger partial charge in [-0.15, -0.1) is 0 Å². The van der Waals surface area contributed by atoms with E-state index < -0.39 is 12.6 Å². The van der Waals surface area contributed by atoms with Crippen LogP contribution >= 0.6 is 0 Å². The number of nitrogens with zero attached hydrogens (tertiary/aromatic N) is 1. The summed E-state index contributed by atoms with van der Waals surface area (Å²) < 4.78 is 35.8. The van der Waals surface area contributed by atoms with E-state index in [0.29, 0.717) is 19.0 Å². The fourth-order valence-electron chi connectivity index (χ4n) is 1.91. The minimum absolute atomic E-state index is 0.170. The van der Waals surface area contributed by atoms with E-state index in [0.717, 1.165) is 0 Å². The maximum absolute atomic E-state index is 11.9. The fourth-order valence-corrected chi connectivity index (χ4v) is 1.91. The molecular formula is C10H19F3N2. The SMILES string of the molecule is CN(CCCC(F)(F)F)C(CN)C1CC1. The predicted octanol–water partition coefficient (Wildman–Crippen LogP) is 2.00. The number of hydrogen-bond donors (Lipinski definition) is 1. The Morgan fingerprint density at radius 2 is 2.00 bits per heavy atom. The van der Waals surface area contributed by atoms with Crippen LogP contribution in [-0.4, -0.2) is 37.3 Å². The van der Waals surface area contributed by atoms with Crippen molar-refractivity contribution in [2.45, 2.75) is 37.9 Å². The molecule has 0 amide bonds. The lowest BCUT2D eigenvalue weighted by atomic mass is 10.1. The summed E-state index contributed by atoms with van der Waals surface area (Å²) in [4.78, 5) is 1.98. The first-order valence-electron chi connectivity index (χ1n) is 5.41. The van der Waals surface area contributed by atoms with Gasteiger partial charge in [0.2, 0.25) is 0 Å². The van der Waals surface area contributed by atoms with Gasteiger partial charge in [0, 0.05) is 19.0 Å². The number of alkyl halides is 3. The van der Waals surface area contributed by atoms with Gasteiger partial charge in [-0.2, -0.15) is 13.2 Å². The van der Waals surface area contributed by atoms with E-state index in [4.69, 9.17) is 5.73 Å². The summed E-state index contributed by atoms with van der Waals surface area (Å²) in [5, 5.41) is 0. The van der Waals surface area contributed by atoms with Gasteiger partial charge in [0.25, 0.3) is 0 Å². The zero-order valence-electron chi connectivity index (χ0n) is 9.06. The zero-order valence-corrected chi connectivity index (χ0v) is 9.06. The van der Waals surface area contributed by atoms with Crippen molar-refractivity contribution in [3.05, 3.63) is 0 Å². The lowest BCUT2D eigenvalue weighted by molar-refractivity contribution is -0.136. The summed E-state index contributed by atoms with van der Waals surface area (Å²) in [6.07, 6.45) is -2.21. The lowest BCUT2D eigenvalue weighted by Gasteiger charge is -2.26. The molecule has 2 nitrogen and oxygen atoms in total. The van der Waals surface area contributed by atoms with E-state index in [9.17, 15) is 13.2 Å². The van der Waals surface area contributed by atoms with Crippen LogP contribution in [0.2, 0.25) is 0 Å². The van der Waals surface area contributed by atoms with Gasteiger partial charge in [0.15, 0.2) is 0 Å². The summed E-state index contributed by atoms with van der Waals surface area (Å²) in [5.74, 6) is 0.617. The van der Waals surface area contributed by atoms with Gasteiger partial charge < -0.3 is 10.6 Å². The van der Waals surface area contributed by atoms with E-state index in [1.54, 1.807) is 0 Å². The zero-order chi connectivity index (χ0) is 11.5. The Bertz CT molecular complexity index is 190. The van der Waals surface area contributed by atoms with Gasteiger partial charge in [0.05, 0.1) is 0 Å². The Balaban J connectivity index is 2.19. The number of halogens is 3. The first-order chi connectivity index (χ1) is 6.94. The van der Waals surface area contributed by atoms with Crippen molar-refractivity contribution in [3.63, 3.8) is 0 Å². The molecule has 1 atom stereocenters. The molecule has 1 fully saturated rings. The quantitative estimate of drug-likeness (QED) is 0.747. The van der Waals surface area contributed by atoms with Gasteiger partial charge in [-0.25, -0.2) is 0 Å². The third kappa shape index (κ3) is 4.84. The first-order valence-corrected chi connectivity index (χ1v) is 5.41. The monoisotopic (exact) mass is 224 g/mol. The molecule has 1 rings (SSSR count). The van der Waals surface area contributed by atoms with Crippen molar-refractivity contribution < 1.29 is 13.2 Å². The molecule has 0 bridgehead atoms. The molecule has 0 aromatic heterocycles. The number of hydrogen-bond acceptors (Lipinski definition) is 2. The van der Waals surface area contributed by atoms with Gasteiger partial charge in [-0.05, 0) is 38.8 Å². The van der Waals surface area contributed by atoms with Crippen LogP contribution in [0.25, 0.3) is 0 Å². The number of nitrogens with two attached hydrogens (primary N) is 1. The summed E-state index contributed by atoms with van der Waals surface area (Å²) >= 11 is 0. The average Bonchev–Trinajstić information content (AvgIpc) is 2.87. The smallest absolute Gasteiger partial charge is 0.329 e. The molecule has 0 aromatic carbocycles. The van der Waals surface area contributed by atoms with Crippen LogP contribution in [0.15, 0.2) is 0 Å². The largest absolute Gasteiger partial charge is 0.389 e. The van der Waals surface area contributed by atoms with Crippen molar-refractivity contribution in [2.75, 3.05) is 20.1 Å². The minimum Gasteiger partial charge on any atom is -0.329 e. The second-order valence-corrected chi connectivity index (χ2v) is 4.34. The average molecular weight is 224 g/mol. The summed E-state index contributed by atoms with van der Waals surface area (Å²) in [6.45, 7) is 1.03. The lowest BCUT2D eigenvalue weighted by Crippen LogP contribution is -2.40. The van der Waals surface area contributed by atoms with Crippen LogP contribution in [-0.2, 0) is 0 Å². The fraction of sp³-hybridized carbons (Fsp3) is 1.00. The maximum atomic E-state index is 11.9. The minimum atomic E-state index is -4.03. The molecule has 90 valence electrons. The number of likely N-dealkylation sites (N-methyl/N-ethyl adjacent to an activating group) is 1. The third-order valence-corrected chi connectivity index (χ3v) is 2.94. The van der Waals surface area contributed by atoms with Gasteiger partial charge in [0.1, 0.15) is 0 Å². The van der Waals surface area contributed by atoms with Crippen LogP contribution < -0.4 is 5.73 Å². The molecule has 1 unspecified atom stereocenters. The molecule has 2 N–H and O–H groups in total. The highest BCUT2D eigenvalue weighted by Crippen LogP contribution is 2.34. The van der Waals surface area contributed by atoms with Crippen molar-refractivity contribution in [1.82, 2.24) is 4.90 Å². The highest BCUT2D eigenvalue weighted by Gasteiger charge is 2.33. The normalized spacial score (nSPS) is 19.6. The van der Waals surface area contributed by atoms with E-state index in [1.807, 2.05) is 11.9 Å². The van der Waals surface area contributed by atoms with Crippen LogP contribution in [0.1, 0.15) is 25.7 Å². The molecule has 0 spiro atoms. The Kier molecular flexibility index (Phi) is 4.40. The third-order valence-electron chi connectivity index (χ3n) is 2.94. The second-order valence-electron chi connectivity index (χ2n) is 4.34. The summed E-state index contributed by atoms with van der Waals surface area (Å²) in [6, 6.07) is 0.276. The molecule has 5 heteroatoms. The molecule has 1 aliphatic carbocycles. The van der Waals surface area contributed by atoms with E-state index >= 15 is 0 Å².